The molecule has 0 amide bonds. The number of aromatic nitrogens is 4. The van der Waals surface area contributed by atoms with E-state index in [4.69, 9.17) is 5.10 Å². The van der Waals surface area contributed by atoms with Crippen molar-refractivity contribution in [3.8, 4) is 11.4 Å². The van der Waals surface area contributed by atoms with E-state index in [9.17, 15) is 0 Å². The molecule has 0 atom stereocenters. The van der Waals surface area contributed by atoms with E-state index in [1.165, 1.54) is 38.8 Å². The summed E-state index contributed by atoms with van der Waals surface area (Å²) in [6, 6.07) is 10.1. The molecule has 3 heterocycles. The third-order valence-electron chi connectivity index (χ3n) is 4.41. The third kappa shape index (κ3) is 3.28. The van der Waals surface area contributed by atoms with Gasteiger partial charge in [0.1, 0.15) is 5.01 Å². The van der Waals surface area contributed by atoms with E-state index in [0.717, 1.165) is 34.3 Å². The Morgan fingerprint density at radius 3 is 2.52 bits per heavy atom. The monoisotopic (exact) mass is 327 g/mol. The van der Waals surface area contributed by atoms with Crippen LogP contribution in [0.2, 0.25) is 0 Å². The zero-order valence-electron chi connectivity index (χ0n) is 13.2. The molecule has 1 fully saturated rings. The Kier molecular flexibility index (Phi) is 4.35. The topological polar surface area (TPSA) is 46.3 Å². The Bertz CT molecular complexity index is 756. The number of benzene rings is 1. The van der Waals surface area contributed by atoms with Gasteiger partial charge < -0.3 is 4.90 Å². The van der Waals surface area contributed by atoms with Crippen LogP contribution in [0.25, 0.3) is 16.3 Å². The van der Waals surface area contributed by atoms with Gasteiger partial charge in [-0.25, -0.2) is 0 Å². The number of nitrogens with zero attached hydrogens (tertiary/aromatic N) is 5. The molecule has 3 aromatic rings. The Balaban J connectivity index is 1.50. The highest BCUT2D eigenvalue weighted by Gasteiger charge is 2.14. The van der Waals surface area contributed by atoms with E-state index in [1.807, 2.05) is 34.8 Å². The molecule has 23 heavy (non-hydrogen) atoms. The van der Waals surface area contributed by atoms with Gasteiger partial charge in [-0.15, -0.1) is 10.2 Å². The largest absolute Gasteiger partial charge is 0.303 e. The molecule has 5 nitrogen and oxygen atoms in total. The molecule has 1 aliphatic rings. The molecule has 1 aliphatic heterocycles. The quantitative estimate of drug-likeness (QED) is 0.738. The molecule has 0 saturated carbocycles. The average Bonchev–Trinajstić information content (AvgIpc) is 3.05. The van der Waals surface area contributed by atoms with Crippen LogP contribution in [0.1, 0.15) is 30.7 Å². The van der Waals surface area contributed by atoms with Crippen molar-refractivity contribution in [3.63, 3.8) is 0 Å². The summed E-state index contributed by atoms with van der Waals surface area (Å²) in [6.45, 7) is 3.57. The first-order valence-corrected chi connectivity index (χ1v) is 9.21. The fourth-order valence-corrected chi connectivity index (χ4v) is 3.96. The highest BCUT2D eigenvalue weighted by molar-refractivity contribution is 7.16. The van der Waals surface area contributed by atoms with Gasteiger partial charge in [0.15, 0.2) is 5.82 Å². The van der Waals surface area contributed by atoms with Crippen LogP contribution in [0, 0.1) is 0 Å². The third-order valence-corrected chi connectivity index (χ3v) is 5.36. The molecule has 120 valence electrons. The highest BCUT2D eigenvalue weighted by Crippen LogP contribution is 2.21. The van der Waals surface area contributed by atoms with E-state index in [-0.39, 0.29) is 0 Å². The van der Waals surface area contributed by atoms with Crippen molar-refractivity contribution in [2.45, 2.75) is 32.1 Å². The van der Waals surface area contributed by atoms with Crippen molar-refractivity contribution in [3.05, 3.63) is 35.3 Å². The van der Waals surface area contributed by atoms with Crippen LogP contribution in [-0.2, 0) is 6.42 Å². The van der Waals surface area contributed by atoms with Crippen LogP contribution in [0.3, 0.4) is 0 Å². The van der Waals surface area contributed by atoms with Crippen LogP contribution in [-0.4, -0.2) is 44.3 Å². The average molecular weight is 327 g/mol. The number of hydrogen-bond donors (Lipinski definition) is 0. The minimum Gasteiger partial charge on any atom is -0.303 e. The van der Waals surface area contributed by atoms with Crippen molar-refractivity contribution in [1.29, 1.82) is 0 Å². The Labute approximate surface area is 140 Å². The number of fused-ring (bicyclic) bond motifs is 1. The summed E-state index contributed by atoms with van der Waals surface area (Å²) in [4.78, 5) is 3.46. The van der Waals surface area contributed by atoms with Gasteiger partial charge >= 0.3 is 0 Å². The lowest BCUT2D eigenvalue weighted by molar-refractivity contribution is 0.288. The molecule has 0 spiro atoms. The normalized spacial score (nSPS) is 16.7. The fourth-order valence-electron chi connectivity index (χ4n) is 3.14. The summed E-state index contributed by atoms with van der Waals surface area (Å²) >= 11 is 1.66. The van der Waals surface area contributed by atoms with Crippen molar-refractivity contribution >= 4 is 16.3 Å². The predicted molar refractivity (Wildman–Crippen MR) is 92.7 cm³/mol. The molecule has 6 heteroatoms. The molecular weight excluding hydrogens is 306 g/mol. The maximum Gasteiger partial charge on any atom is 0.234 e. The predicted octanol–water partition coefficient (Wildman–Crippen LogP) is 3.27. The van der Waals surface area contributed by atoms with E-state index in [0.29, 0.717) is 0 Å². The molecule has 0 N–H and O–H groups in total. The van der Waals surface area contributed by atoms with E-state index in [2.05, 4.69) is 15.1 Å². The van der Waals surface area contributed by atoms with Crippen LogP contribution >= 0.6 is 11.3 Å². The van der Waals surface area contributed by atoms with Gasteiger partial charge in [0, 0.05) is 18.5 Å². The first-order valence-electron chi connectivity index (χ1n) is 8.39. The Hall–Kier alpha value is -1.79. The van der Waals surface area contributed by atoms with Gasteiger partial charge in [-0.3, -0.25) is 0 Å². The summed E-state index contributed by atoms with van der Waals surface area (Å²) in [7, 11) is 0. The zero-order valence-corrected chi connectivity index (χ0v) is 14.0. The van der Waals surface area contributed by atoms with Crippen LogP contribution in [0.5, 0.6) is 0 Å². The standard InChI is InChI=1S/C17H21N5S/c1-2-7-12-21(11-6-1)13-10-15-20-22-16(18-19-17(22)23-15)14-8-4-3-5-9-14/h3-5,8-9H,1-2,6-7,10-13H2. The SMILES string of the molecule is c1ccc(-c2nnc3sc(CCN4CCCCCC4)nn23)cc1. The molecule has 0 aliphatic carbocycles. The summed E-state index contributed by atoms with van der Waals surface area (Å²) in [5.41, 5.74) is 1.06. The first kappa shape index (κ1) is 14.8. The van der Waals surface area contributed by atoms with Crippen LogP contribution in [0.4, 0.5) is 0 Å². The van der Waals surface area contributed by atoms with Gasteiger partial charge in [0.2, 0.25) is 4.96 Å². The van der Waals surface area contributed by atoms with Crippen molar-refractivity contribution in [2.24, 2.45) is 0 Å². The number of likely N-dealkylation sites (tertiary alicyclic amines) is 1. The van der Waals surface area contributed by atoms with Gasteiger partial charge in [-0.1, -0.05) is 54.5 Å². The zero-order chi connectivity index (χ0) is 15.5. The second-order valence-corrected chi connectivity index (χ2v) is 7.13. The van der Waals surface area contributed by atoms with Crippen molar-refractivity contribution in [1.82, 2.24) is 24.7 Å². The van der Waals surface area contributed by atoms with Crippen molar-refractivity contribution in [2.75, 3.05) is 19.6 Å². The molecule has 2 aromatic heterocycles. The smallest absolute Gasteiger partial charge is 0.234 e. The van der Waals surface area contributed by atoms with E-state index in [1.54, 1.807) is 11.3 Å². The Morgan fingerprint density at radius 1 is 0.957 bits per heavy atom. The number of hydrogen-bond acceptors (Lipinski definition) is 5. The first-order chi connectivity index (χ1) is 11.4. The number of rotatable bonds is 4. The minimum atomic E-state index is 0.831. The van der Waals surface area contributed by atoms with Gasteiger partial charge in [-0.05, 0) is 25.9 Å². The van der Waals surface area contributed by atoms with Crippen LogP contribution in [0.15, 0.2) is 30.3 Å². The molecule has 0 bridgehead atoms. The molecule has 0 unspecified atom stereocenters. The summed E-state index contributed by atoms with van der Waals surface area (Å²) in [6.07, 6.45) is 6.44. The summed E-state index contributed by atoms with van der Waals surface area (Å²) < 4.78 is 1.89. The second kappa shape index (κ2) is 6.76. The summed E-state index contributed by atoms with van der Waals surface area (Å²) in [5, 5.41) is 14.5. The molecular formula is C17H21N5S. The molecule has 1 saturated heterocycles. The highest BCUT2D eigenvalue weighted by atomic mass is 32.1. The lowest BCUT2D eigenvalue weighted by Crippen LogP contribution is -2.26. The van der Waals surface area contributed by atoms with Crippen LogP contribution < -0.4 is 0 Å². The van der Waals surface area contributed by atoms with Gasteiger partial charge in [-0.2, -0.15) is 9.61 Å². The molecule has 0 radical (unpaired) electrons. The maximum atomic E-state index is 4.74. The van der Waals surface area contributed by atoms with E-state index >= 15 is 0 Å². The lowest BCUT2D eigenvalue weighted by Gasteiger charge is -2.18. The Morgan fingerprint density at radius 2 is 1.74 bits per heavy atom. The maximum absolute atomic E-state index is 4.74. The molecule has 4 rings (SSSR count). The summed E-state index contributed by atoms with van der Waals surface area (Å²) in [5.74, 6) is 0.831. The van der Waals surface area contributed by atoms with E-state index < -0.39 is 0 Å². The van der Waals surface area contributed by atoms with Crippen molar-refractivity contribution < 1.29 is 0 Å². The lowest BCUT2D eigenvalue weighted by atomic mass is 10.2. The second-order valence-electron chi connectivity index (χ2n) is 6.09. The minimum absolute atomic E-state index is 0.831. The molecule has 1 aromatic carbocycles. The van der Waals surface area contributed by atoms with Gasteiger partial charge in [0.25, 0.3) is 0 Å². The fraction of sp³-hybridized carbons (Fsp3) is 0.471. The van der Waals surface area contributed by atoms with Gasteiger partial charge in [0.05, 0.1) is 0 Å².